The molecule has 1 fully saturated rings. The molecule has 0 aliphatic carbocycles. The fraction of sp³-hybridized carbons (Fsp3) is 0.500. The summed E-state index contributed by atoms with van der Waals surface area (Å²) in [7, 11) is -0.355. The predicted octanol–water partition coefficient (Wildman–Crippen LogP) is 2.35. The van der Waals surface area contributed by atoms with E-state index in [1.54, 1.807) is 0 Å². The Balaban J connectivity index is 2.21. The number of amides is 1. The minimum absolute atomic E-state index is 0.168. The van der Waals surface area contributed by atoms with Crippen molar-refractivity contribution >= 4 is 18.5 Å². The lowest BCUT2D eigenvalue weighted by molar-refractivity contribution is -0.116. The molecule has 0 spiro atoms. The van der Waals surface area contributed by atoms with Crippen molar-refractivity contribution in [3.63, 3.8) is 0 Å². The smallest absolute Gasteiger partial charge is 0.399 e. The summed E-state index contributed by atoms with van der Waals surface area (Å²) in [5, 5.41) is 2.80. The van der Waals surface area contributed by atoms with Crippen molar-refractivity contribution in [2.45, 2.75) is 58.8 Å². The highest BCUT2D eigenvalue weighted by Crippen LogP contribution is 2.36. The summed E-state index contributed by atoms with van der Waals surface area (Å²) in [5.74, 6) is -0.168. The largest absolute Gasteiger partial charge is 0.495 e. The van der Waals surface area contributed by atoms with E-state index in [9.17, 15) is 4.79 Å². The van der Waals surface area contributed by atoms with E-state index >= 15 is 0 Å². The second kappa shape index (κ2) is 6.50. The van der Waals surface area contributed by atoms with E-state index < -0.39 is 0 Å². The quantitative estimate of drug-likeness (QED) is 0.670. The van der Waals surface area contributed by atoms with Crippen molar-refractivity contribution in [3.05, 3.63) is 42.0 Å². The molecule has 0 atom stereocenters. The van der Waals surface area contributed by atoms with Gasteiger partial charge in [-0.25, -0.2) is 0 Å². The third-order valence-electron chi connectivity index (χ3n) is 4.75. The Labute approximate surface area is 139 Å². The van der Waals surface area contributed by atoms with Gasteiger partial charge in [0.2, 0.25) is 5.91 Å². The Hall–Kier alpha value is -1.59. The Morgan fingerprint density at radius 1 is 1.26 bits per heavy atom. The zero-order valence-corrected chi connectivity index (χ0v) is 14.7. The molecule has 0 saturated carbocycles. The molecule has 1 aliphatic rings. The molecule has 124 valence electrons. The fourth-order valence-corrected chi connectivity index (χ4v) is 2.54. The lowest BCUT2D eigenvalue weighted by Gasteiger charge is -2.32. The second-order valence-electron chi connectivity index (χ2n) is 6.90. The van der Waals surface area contributed by atoms with E-state index in [4.69, 9.17) is 9.31 Å². The molecule has 0 unspecified atom stereocenters. The molecule has 1 amide bonds. The molecule has 1 heterocycles. The van der Waals surface area contributed by atoms with Crippen molar-refractivity contribution < 1.29 is 14.1 Å². The van der Waals surface area contributed by atoms with Gasteiger partial charge in [-0.1, -0.05) is 31.7 Å². The van der Waals surface area contributed by atoms with Crippen LogP contribution in [-0.4, -0.2) is 24.2 Å². The van der Waals surface area contributed by atoms with Crippen molar-refractivity contribution in [2.75, 3.05) is 0 Å². The van der Waals surface area contributed by atoms with Crippen molar-refractivity contribution in [1.29, 1.82) is 0 Å². The van der Waals surface area contributed by atoms with Gasteiger partial charge >= 0.3 is 7.12 Å². The van der Waals surface area contributed by atoms with E-state index in [2.05, 4.69) is 52.6 Å². The highest BCUT2D eigenvalue weighted by molar-refractivity contribution is 6.62. The van der Waals surface area contributed by atoms with Gasteiger partial charge in [-0.3, -0.25) is 4.79 Å². The average molecular weight is 315 g/mol. The third kappa shape index (κ3) is 3.67. The maximum atomic E-state index is 11.3. The molecule has 5 heteroatoms. The minimum Gasteiger partial charge on any atom is -0.399 e. The summed E-state index contributed by atoms with van der Waals surface area (Å²) in [4.78, 5) is 11.3. The molecule has 1 saturated heterocycles. The number of hydrogen-bond acceptors (Lipinski definition) is 3. The Bertz CT molecular complexity index is 594. The third-order valence-corrected chi connectivity index (χ3v) is 4.75. The number of hydrogen-bond donors (Lipinski definition) is 1. The topological polar surface area (TPSA) is 47.6 Å². The molecule has 1 N–H and O–H groups in total. The van der Waals surface area contributed by atoms with E-state index in [0.717, 1.165) is 17.4 Å². The summed E-state index contributed by atoms with van der Waals surface area (Å²) < 4.78 is 12.3. The first-order valence-electron chi connectivity index (χ1n) is 8.08. The summed E-state index contributed by atoms with van der Waals surface area (Å²) in [6.07, 6.45) is 2.15. The number of benzene rings is 1. The van der Waals surface area contributed by atoms with Crippen LogP contribution in [0.15, 0.2) is 30.9 Å². The van der Waals surface area contributed by atoms with Crippen molar-refractivity contribution in [1.82, 2.24) is 5.32 Å². The molecule has 0 bridgehead atoms. The highest BCUT2D eigenvalue weighted by Gasteiger charge is 2.52. The van der Waals surface area contributed by atoms with Crippen LogP contribution in [0.3, 0.4) is 0 Å². The van der Waals surface area contributed by atoms with Gasteiger partial charge in [-0.15, -0.1) is 0 Å². The van der Waals surface area contributed by atoms with Crippen LogP contribution in [0.25, 0.3) is 0 Å². The maximum absolute atomic E-state index is 11.3. The minimum atomic E-state index is -0.355. The summed E-state index contributed by atoms with van der Waals surface area (Å²) >= 11 is 0. The zero-order valence-electron chi connectivity index (χ0n) is 14.7. The van der Waals surface area contributed by atoms with E-state index in [1.807, 2.05) is 12.1 Å². The molecule has 2 rings (SSSR count). The van der Waals surface area contributed by atoms with Crippen LogP contribution in [0, 0.1) is 0 Å². The molecule has 1 aromatic rings. The predicted molar refractivity (Wildman–Crippen MR) is 93.6 cm³/mol. The molecule has 1 aromatic carbocycles. The molecule has 0 radical (unpaired) electrons. The van der Waals surface area contributed by atoms with Crippen LogP contribution < -0.4 is 10.8 Å². The van der Waals surface area contributed by atoms with Gasteiger partial charge in [-0.05, 0) is 56.8 Å². The normalized spacial score (nSPS) is 18.7. The van der Waals surface area contributed by atoms with Gasteiger partial charge in [-0.2, -0.15) is 0 Å². The number of rotatable bonds is 5. The number of carbonyl (C=O) groups excluding carboxylic acids is 1. The molecule has 1 aliphatic heterocycles. The van der Waals surface area contributed by atoms with Gasteiger partial charge in [0.05, 0.1) is 11.2 Å². The SMILES string of the molecule is C=CC(=O)NCc1ccc(B2OC(C)(C)C(C)(C)O2)c(CC)c1. The lowest BCUT2D eigenvalue weighted by atomic mass is 9.75. The highest BCUT2D eigenvalue weighted by atomic mass is 16.7. The Kier molecular flexibility index (Phi) is 5.02. The van der Waals surface area contributed by atoms with Crippen LogP contribution >= 0.6 is 0 Å². The van der Waals surface area contributed by atoms with E-state index in [1.165, 1.54) is 11.6 Å². The Morgan fingerprint density at radius 3 is 2.39 bits per heavy atom. The molecule has 23 heavy (non-hydrogen) atoms. The van der Waals surface area contributed by atoms with E-state index in [0.29, 0.717) is 6.54 Å². The van der Waals surface area contributed by atoms with Crippen LogP contribution in [-0.2, 0) is 27.1 Å². The van der Waals surface area contributed by atoms with Crippen molar-refractivity contribution in [2.24, 2.45) is 0 Å². The standard InChI is InChI=1S/C18H26BNO3/c1-7-14-11-13(12-20-16(21)8-2)9-10-15(14)19-22-17(3,4)18(5,6)23-19/h8-11H,2,7,12H2,1,3-6H3,(H,20,21). The molecular weight excluding hydrogens is 289 g/mol. The molecule has 0 aromatic heterocycles. The zero-order chi connectivity index (χ0) is 17.3. The van der Waals surface area contributed by atoms with Crippen LogP contribution in [0.5, 0.6) is 0 Å². The number of nitrogens with one attached hydrogen (secondary N) is 1. The van der Waals surface area contributed by atoms with Gasteiger partial charge in [0.1, 0.15) is 0 Å². The molecular formula is C18H26BNO3. The van der Waals surface area contributed by atoms with Gasteiger partial charge in [0, 0.05) is 6.54 Å². The molecule has 4 nitrogen and oxygen atoms in total. The lowest BCUT2D eigenvalue weighted by Crippen LogP contribution is -2.41. The summed E-state index contributed by atoms with van der Waals surface area (Å²) in [5.41, 5.74) is 2.59. The maximum Gasteiger partial charge on any atom is 0.495 e. The second-order valence-corrected chi connectivity index (χ2v) is 6.90. The first-order valence-corrected chi connectivity index (χ1v) is 8.08. The van der Waals surface area contributed by atoms with Crippen molar-refractivity contribution in [3.8, 4) is 0 Å². The van der Waals surface area contributed by atoms with Crippen LogP contribution in [0.2, 0.25) is 0 Å². The Morgan fingerprint density at radius 2 is 1.87 bits per heavy atom. The van der Waals surface area contributed by atoms with Gasteiger partial charge in [0.25, 0.3) is 0 Å². The summed E-state index contributed by atoms with van der Waals surface area (Å²) in [6.45, 7) is 14.3. The van der Waals surface area contributed by atoms with Gasteiger partial charge < -0.3 is 14.6 Å². The fourth-order valence-electron chi connectivity index (χ4n) is 2.54. The first-order chi connectivity index (χ1) is 10.7. The average Bonchev–Trinajstić information content (AvgIpc) is 2.72. The number of aryl methyl sites for hydroxylation is 1. The van der Waals surface area contributed by atoms with Crippen LogP contribution in [0.1, 0.15) is 45.7 Å². The number of carbonyl (C=O) groups is 1. The van der Waals surface area contributed by atoms with E-state index in [-0.39, 0.29) is 24.2 Å². The summed E-state index contributed by atoms with van der Waals surface area (Å²) in [6, 6.07) is 6.14. The van der Waals surface area contributed by atoms with Gasteiger partial charge in [0.15, 0.2) is 0 Å². The van der Waals surface area contributed by atoms with Crippen LogP contribution in [0.4, 0.5) is 0 Å². The first kappa shape index (κ1) is 17.8. The monoisotopic (exact) mass is 315 g/mol.